The second-order valence-corrected chi connectivity index (χ2v) is 3.67. The summed E-state index contributed by atoms with van der Waals surface area (Å²) in [6.45, 7) is -0.527. The molecule has 0 heterocycles. The van der Waals surface area contributed by atoms with Crippen LogP contribution in [0.15, 0.2) is 12.1 Å². The topological polar surface area (TPSA) is 147 Å². The number of phenols is 1. The quantitative estimate of drug-likeness (QED) is 0.425. The number of aliphatic hydroxyl groups excluding tert-OH is 1. The average Bonchev–Trinajstić information content (AvgIpc) is 2.29. The van der Waals surface area contributed by atoms with Crippen LogP contribution in [0.25, 0.3) is 0 Å². The molecule has 0 bridgehead atoms. The van der Waals surface area contributed by atoms with Crippen LogP contribution in [0.1, 0.15) is 17.2 Å². The second-order valence-electron chi connectivity index (χ2n) is 3.67. The van der Waals surface area contributed by atoms with Crippen LogP contribution in [-0.4, -0.2) is 32.8 Å². The Bertz CT molecular complexity index is 488. The molecular formula is C10H12N2O6. The van der Waals surface area contributed by atoms with Crippen LogP contribution in [-0.2, 0) is 11.2 Å². The largest absolute Gasteiger partial charge is 0.502 e. The van der Waals surface area contributed by atoms with Crippen LogP contribution in [0.3, 0.4) is 0 Å². The van der Waals surface area contributed by atoms with Gasteiger partial charge in [0.1, 0.15) is 0 Å². The van der Waals surface area contributed by atoms with Crippen molar-refractivity contribution in [3.63, 3.8) is 0 Å². The highest BCUT2D eigenvalue weighted by molar-refractivity contribution is 5.71. The molecule has 5 N–H and O–H groups in total. The molecule has 0 aliphatic rings. The standard InChI is InChI=1S/C10H12N2O6/c11-7(4-13)6-1-5(3-9(14)15)2-8(10(6)16)12(17)18/h1-2,7,13,16H,3-4,11H2,(H,14,15)/t7-/m1/s1. The zero-order valence-corrected chi connectivity index (χ0v) is 9.24. The van der Waals surface area contributed by atoms with Crippen molar-refractivity contribution in [1.82, 2.24) is 0 Å². The first-order valence-corrected chi connectivity index (χ1v) is 4.95. The molecule has 0 aliphatic heterocycles. The van der Waals surface area contributed by atoms with Crippen molar-refractivity contribution in [3.8, 4) is 5.75 Å². The van der Waals surface area contributed by atoms with E-state index in [2.05, 4.69) is 0 Å². The van der Waals surface area contributed by atoms with E-state index in [0.717, 1.165) is 6.07 Å². The van der Waals surface area contributed by atoms with Crippen molar-refractivity contribution in [3.05, 3.63) is 33.4 Å². The molecule has 1 atom stereocenters. The van der Waals surface area contributed by atoms with Crippen molar-refractivity contribution in [2.45, 2.75) is 12.5 Å². The van der Waals surface area contributed by atoms with E-state index >= 15 is 0 Å². The molecule has 0 aliphatic carbocycles. The van der Waals surface area contributed by atoms with Gasteiger partial charge < -0.3 is 21.1 Å². The minimum atomic E-state index is -1.17. The van der Waals surface area contributed by atoms with Gasteiger partial charge >= 0.3 is 11.7 Å². The summed E-state index contributed by atoms with van der Waals surface area (Å²) < 4.78 is 0. The van der Waals surface area contributed by atoms with E-state index in [-0.39, 0.29) is 11.1 Å². The molecular weight excluding hydrogens is 244 g/mol. The fraction of sp³-hybridized carbons (Fsp3) is 0.300. The number of carbonyl (C=O) groups is 1. The van der Waals surface area contributed by atoms with E-state index in [1.54, 1.807) is 0 Å². The van der Waals surface area contributed by atoms with Crippen molar-refractivity contribution in [2.75, 3.05) is 6.61 Å². The number of carboxylic acid groups (broad SMARTS) is 1. The molecule has 0 saturated carbocycles. The molecule has 0 fully saturated rings. The molecule has 0 spiro atoms. The Balaban J connectivity index is 3.36. The lowest BCUT2D eigenvalue weighted by atomic mass is 10.0. The highest BCUT2D eigenvalue weighted by atomic mass is 16.6. The number of hydrogen-bond donors (Lipinski definition) is 4. The highest BCUT2D eigenvalue weighted by Crippen LogP contribution is 2.34. The number of rotatable bonds is 5. The number of aromatic hydroxyl groups is 1. The minimum Gasteiger partial charge on any atom is -0.502 e. The summed E-state index contributed by atoms with van der Waals surface area (Å²) in [4.78, 5) is 20.5. The fourth-order valence-electron chi connectivity index (χ4n) is 1.50. The molecule has 1 rings (SSSR count). The lowest BCUT2D eigenvalue weighted by Gasteiger charge is -2.12. The van der Waals surface area contributed by atoms with Crippen molar-refractivity contribution >= 4 is 11.7 Å². The molecule has 1 aromatic rings. The predicted octanol–water partition coefficient (Wildman–Crippen LogP) is -0.0804. The molecule has 8 nitrogen and oxygen atoms in total. The first-order chi connectivity index (χ1) is 8.36. The van der Waals surface area contributed by atoms with Gasteiger partial charge in [-0.25, -0.2) is 0 Å². The normalized spacial score (nSPS) is 12.1. The molecule has 0 saturated heterocycles. The predicted molar refractivity (Wildman–Crippen MR) is 60.1 cm³/mol. The Kier molecular flexibility index (Phi) is 4.18. The molecule has 0 aromatic heterocycles. The van der Waals surface area contributed by atoms with Gasteiger partial charge in [0.05, 0.1) is 24.0 Å². The van der Waals surface area contributed by atoms with E-state index in [4.69, 9.17) is 15.9 Å². The fourth-order valence-corrected chi connectivity index (χ4v) is 1.50. The molecule has 98 valence electrons. The maximum atomic E-state index is 10.7. The third-order valence-corrected chi connectivity index (χ3v) is 2.33. The van der Waals surface area contributed by atoms with Gasteiger partial charge in [0.25, 0.3) is 0 Å². The van der Waals surface area contributed by atoms with Gasteiger partial charge in [0.2, 0.25) is 0 Å². The third kappa shape index (κ3) is 2.93. The molecule has 18 heavy (non-hydrogen) atoms. The molecule has 0 amide bonds. The number of hydrogen-bond acceptors (Lipinski definition) is 6. The Labute approximate surface area is 101 Å². The first-order valence-electron chi connectivity index (χ1n) is 4.95. The van der Waals surface area contributed by atoms with E-state index in [9.17, 15) is 20.0 Å². The zero-order valence-electron chi connectivity index (χ0n) is 9.24. The van der Waals surface area contributed by atoms with E-state index in [1.165, 1.54) is 6.07 Å². The van der Waals surface area contributed by atoms with Crippen molar-refractivity contribution in [2.24, 2.45) is 5.73 Å². The number of carboxylic acids is 1. The Morgan fingerprint density at radius 3 is 2.56 bits per heavy atom. The number of nitrogens with two attached hydrogens (primary N) is 1. The van der Waals surface area contributed by atoms with Gasteiger partial charge in [0.15, 0.2) is 5.75 Å². The summed E-state index contributed by atoms with van der Waals surface area (Å²) in [6.07, 6.45) is -0.438. The summed E-state index contributed by atoms with van der Waals surface area (Å²) in [6, 6.07) is 1.19. The molecule has 8 heteroatoms. The lowest BCUT2D eigenvalue weighted by Crippen LogP contribution is -2.16. The Hall–Kier alpha value is -2.19. The number of aliphatic hydroxyl groups is 1. The number of nitro benzene ring substituents is 1. The van der Waals surface area contributed by atoms with Gasteiger partial charge in [-0.3, -0.25) is 14.9 Å². The summed E-state index contributed by atoms with van der Waals surface area (Å²) >= 11 is 0. The monoisotopic (exact) mass is 256 g/mol. The van der Waals surface area contributed by atoms with Gasteiger partial charge in [-0.1, -0.05) is 0 Å². The maximum absolute atomic E-state index is 10.7. The van der Waals surface area contributed by atoms with Crippen LogP contribution in [0.4, 0.5) is 5.69 Å². The Morgan fingerprint density at radius 2 is 2.11 bits per heavy atom. The number of aliphatic carboxylic acids is 1. The van der Waals surface area contributed by atoms with Gasteiger partial charge in [-0.2, -0.15) is 0 Å². The molecule has 0 unspecified atom stereocenters. The van der Waals surface area contributed by atoms with Gasteiger partial charge in [-0.15, -0.1) is 0 Å². The molecule has 0 radical (unpaired) electrons. The van der Waals surface area contributed by atoms with E-state index in [1.807, 2.05) is 0 Å². The summed E-state index contributed by atoms with van der Waals surface area (Å²) in [5, 5.41) is 37.9. The Morgan fingerprint density at radius 1 is 1.50 bits per heavy atom. The van der Waals surface area contributed by atoms with Crippen molar-refractivity contribution in [1.29, 1.82) is 0 Å². The number of phenolic OH excluding ortho intramolecular Hbond substituents is 1. The minimum absolute atomic E-state index is 0.0528. The SMILES string of the molecule is N[C@H](CO)c1cc(CC(=O)O)cc([N+](=O)[O-])c1O. The van der Waals surface area contributed by atoms with Crippen LogP contribution in [0.2, 0.25) is 0 Å². The van der Waals surface area contributed by atoms with Crippen LogP contribution in [0.5, 0.6) is 5.75 Å². The van der Waals surface area contributed by atoms with E-state index < -0.39 is 41.4 Å². The lowest BCUT2D eigenvalue weighted by molar-refractivity contribution is -0.386. The van der Waals surface area contributed by atoms with Gasteiger partial charge in [-0.05, 0) is 11.6 Å². The average molecular weight is 256 g/mol. The summed E-state index contributed by atoms with van der Waals surface area (Å²) in [5.74, 6) is -1.82. The van der Waals surface area contributed by atoms with Crippen LogP contribution < -0.4 is 5.73 Å². The summed E-state index contributed by atoms with van der Waals surface area (Å²) in [7, 11) is 0. The first kappa shape index (κ1) is 13.9. The maximum Gasteiger partial charge on any atom is 0.311 e. The third-order valence-electron chi connectivity index (χ3n) is 2.33. The van der Waals surface area contributed by atoms with Crippen LogP contribution >= 0.6 is 0 Å². The second kappa shape index (κ2) is 5.43. The van der Waals surface area contributed by atoms with Gasteiger partial charge in [0, 0.05) is 11.6 Å². The van der Waals surface area contributed by atoms with Crippen molar-refractivity contribution < 1.29 is 25.0 Å². The number of nitrogens with zero attached hydrogens (tertiary/aromatic N) is 1. The number of nitro groups is 1. The van der Waals surface area contributed by atoms with E-state index in [0.29, 0.717) is 0 Å². The molecule has 1 aromatic carbocycles. The zero-order chi connectivity index (χ0) is 13.9. The van der Waals surface area contributed by atoms with Crippen LogP contribution in [0, 0.1) is 10.1 Å². The highest BCUT2D eigenvalue weighted by Gasteiger charge is 2.22. The number of benzene rings is 1. The smallest absolute Gasteiger partial charge is 0.311 e. The summed E-state index contributed by atoms with van der Waals surface area (Å²) in [5.41, 5.74) is 4.93.